The van der Waals surface area contributed by atoms with Gasteiger partial charge in [0.15, 0.2) is 0 Å². The zero-order chi connectivity index (χ0) is 31.6. The Hall–Kier alpha value is -2.28. The van der Waals surface area contributed by atoms with Gasteiger partial charge in [0.1, 0.15) is 12.9 Å². The maximum atomic E-state index is 11.4. The maximum Gasteiger partial charge on any atom is 0.261 e. The molecule has 0 bridgehead atoms. The second-order valence-electron chi connectivity index (χ2n) is 13.6. The summed E-state index contributed by atoms with van der Waals surface area (Å²) in [6.07, 6.45) is 8.28. The van der Waals surface area contributed by atoms with Gasteiger partial charge in [-0.15, -0.1) is 13.2 Å². The van der Waals surface area contributed by atoms with E-state index in [0.29, 0.717) is 18.3 Å². The van der Waals surface area contributed by atoms with Crippen LogP contribution in [0.25, 0.3) is 0 Å². The lowest BCUT2D eigenvalue weighted by molar-refractivity contribution is -0.101. The topological polar surface area (TPSA) is 47.9 Å². The molecule has 6 atom stereocenters. The number of aliphatic hydroxyl groups excluding tert-OH is 1. The molecule has 0 aliphatic heterocycles. The smallest absolute Gasteiger partial charge is 0.261 e. The van der Waals surface area contributed by atoms with E-state index in [2.05, 4.69) is 121 Å². The summed E-state index contributed by atoms with van der Waals surface area (Å²) >= 11 is 0. The first-order valence-corrected chi connectivity index (χ1v) is 17.9. The lowest BCUT2D eigenvalue weighted by atomic mass is 9.64. The van der Waals surface area contributed by atoms with Crippen molar-refractivity contribution in [2.45, 2.75) is 90.6 Å². The van der Waals surface area contributed by atoms with E-state index in [-0.39, 0.29) is 29.8 Å². The summed E-state index contributed by atoms with van der Waals surface area (Å²) in [5, 5.41) is 13.9. The number of methoxy groups -OCH3 is 1. The highest BCUT2D eigenvalue weighted by Gasteiger charge is 2.52. The van der Waals surface area contributed by atoms with Gasteiger partial charge in [-0.05, 0) is 71.7 Å². The third-order valence-electron chi connectivity index (χ3n) is 9.43. The van der Waals surface area contributed by atoms with Crippen LogP contribution < -0.4 is 10.4 Å². The van der Waals surface area contributed by atoms with Crippen LogP contribution in [0.5, 0.6) is 0 Å². The molecule has 0 saturated heterocycles. The van der Waals surface area contributed by atoms with Gasteiger partial charge in [0, 0.05) is 13.2 Å². The van der Waals surface area contributed by atoms with Crippen molar-refractivity contribution in [1.82, 2.24) is 0 Å². The van der Waals surface area contributed by atoms with Gasteiger partial charge in [-0.3, -0.25) is 0 Å². The van der Waals surface area contributed by atoms with Gasteiger partial charge in [-0.1, -0.05) is 119 Å². The summed E-state index contributed by atoms with van der Waals surface area (Å²) < 4.78 is 18.6. The first-order valence-electron chi connectivity index (χ1n) is 16.0. The lowest BCUT2D eigenvalue weighted by Crippen LogP contribution is -2.67. The van der Waals surface area contributed by atoms with Gasteiger partial charge in [0.2, 0.25) is 0 Å². The minimum absolute atomic E-state index is 0.0253. The van der Waals surface area contributed by atoms with E-state index in [1.807, 2.05) is 6.08 Å². The Bertz CT molecular complexity index is 1110. The number of rotatable bonds is 16. The third-order valence-corrected chi connectivity index (χ3v) is 14.5. The number of hydrogen-bond donors (Lipinski definition) is 1. The molecule has 1 aliphatic carbocycles. The largest absolute Gasteiger partial charge is 0.404 e. The SMILES string of the molecule is C=CC[C@H](C[C@H]1C(C)=CC[C@H](C(C)C)[C@H]1C[C@H](O)[C@@H](C=C)OCOC)O[Si](c1ccccc1)(c1ccccc1)C(C)(C)C. The van der Waals surface area contributed by atoms with Crippen LogP contribution in [0.2, 0.25) is 5.04 Å². The highest BCUT2D eigenvalue weighted by Crippen LogP contribution is 2.46. The quantitative estimate of drug-likeness (QED) is 0.121. The van der Waals surface area contributed by atoms with Crippen molar-refractivity contribution in [2.24, 2.45) is 23.7 Å². The second kappa shape index (κ2) is 16.1. The van der Waals surface area contributed by atoms with E-state index in [4.69, 9.17) is 13.9 Å². The number of benzene rings is 2. The zero-order valence-corrected chi connectivity index (χ0v) is 28.7. The molecule has 236 valence electrons. The lowest BCUT2D eigenvalue weighted by Gasteiger charge is -2.47. The third kappa shape index (κ3) is 8.46. The van der Waals surface area contributed by atoms with E-state index in [0.717, 1.165) is 19.3 Å². The van der Waals surface area contributed by atoms with Crippen LogP contribution in [0.1, 0.15) is 67.2 Å². The van der Waals surface area contributed by atoms with E-state index >= 15 is 0 Å². The van der Waals surface area contributed by atoms with Crippen LogP contribution >= 0.6 is 0 Å². The molecule has 0 fully saturated rings. The molecule has 0 spiro atoms. The number of allylic oxidation sites excluding steroid dienone is 2. The Morgan fingerprint density at radius 2 is 1.56 bits per heavy atom. The molecule has 2 aromatic rings. The van der Waals surface area contributed by atoms with Crippen LogP contribution in [0.3, 0.4) is 0 Å². The van der Waals surface area contributed by atoms with E-state index in [1.54, 1.807) is 13.2 Å². The summed E-state index contributed by atoms with van der Waals surface area (Å²) in [5.41, 5.74) is 1.39. The first kappa shape index (κ1) is 35.2. The molecule has 1 N–H and O–H groups in total. The van der Waals surface area contributed by atoms with Gasteiger partial charge in [-0.2, -0.15) is 0 Å². The van der Waals surface area contributed by atoms with Crippen molar-refractivity contribution in [3.63, 3.8) is 0 Å². The molecule has 5 heteroatoms. The fraction of sp³-hybridized carbons (Fsp3) is 0.526. The van der Waals surface area contributed by atoms with Crippen LogP contribution in [0.4, 0.5) is 0 Å². The molecule has 0 unspecified atom stereocenters. The van der Waals surface area contributed by atoms with Crippen molar-refractivity contribution in [2.75, 3.05) is 13.9 Å². The number of hydrogen-bond acceptors (Lipinski definition) is 4. The van der Waals surface area contributed by atoms with Gasteiger partial charge in [0.05, 0.1) is 6.10 Å². The number of ether oxygens (including phenoxy) is 2. The summed E-state index contributed by atoms with van der Waals surface area (Å²) in [5.74, 6) is 1.49. The fourth-order valence-corrected chi connectivity index (χ4v) is 12.0. The molecule has 2 aromatic carbocycles. The molecule has 0 saturated carbocycles. The van der Waals surface area contributed by atoms with Crippen molar-refractivity contribution in [3.05, 3.63) is 97.6 Å². The van der Waals surface area contributed by atoms with Crippen LogP contribution in [-0.4, -0.2) is 45.6 Å². The average molecular weight is 605 g/mol. The second-order valence-corrected chi connectivity index (χ2v) is 17.9. The Labute approximate surface area is 263 Å². The Morgan fingerprint density at radius 1 is 0.977 bits per heavy atom. The predicted octanol–water partition coefficient (Wildman–Crippen LogP) is 7.68. The molecule has 43 heavy (non-hydrogen) atoms. The highest BCUT2D eigenvalue weighted by molar-refractivity contribution is 6.99. The molecule has 0 heterocycles. The van der Waals surface area contributed by atoms with Crippen molar-refractivity contribution in [3.8, 4) is 0 Å². The van der Waals surface area contributed by atoms with E-state index < -0.39 is 20.5 Å². The van der Waals surface area contributed by atoms with E-state index in [9.17, 15) is 5.11 Å². The summed E-state index contributed by atoms with van der Waals surface area (Å²) in [4.78, 5) is 0. The van der Waals surface area contributed by atoms with Crippen molar-refractivity contribution >= 4 is 18.7 Å². The van der Waals surface area contributed by atoms with Crippen molar-refractivity contribution in [1.29, 1.82) is 0 Å². The molecule has 4 nitrogen and oxygen atoms in total. The highest BCUT2D eigenvalue weighted by atomic mass is 28.4. The fourth-order valence-electron chi connectivity index (χ4n) is 7.25. The predicted molar refractivity (Wildman–Crippen MR) is 183 cm³/mol. The Morgan fingerprint density at radius 3 is 2.02 bits per heavy atom. The molecule has 0 radical (unpaired) electrons. The van der Waals surface area contributed by atoms with Gasteiger partial charge >= 0.3 is 0 Å². The summed E-state index contributed by atoms with van der Waals surface area (Å²) in [6, 6.07) is 21.7. The van der Waals surface area contributed by atoms with Crippen LogP contribution in [0, 0.1) is 23.7 Å². The van der Waals surface area contributed by atoms with E-state index in [1.165, 1.54) is 15.9 Å². The monoisotopic (exact) mass is 604 g/mol. The van der Waals surface area contributed by atoms with Crippen LogP contribution in [0.15, 0.2) is 97.6 Å². The summed E-state index contributed by atoms with van der Waals surface area (Å²) in [7, 11) is -1.16. The maximum absolute atomic E-state index is 11.4. The van der Waals surface area contributed by atoms with Crippen molar-refractivity contribution < 1.29 is 19.0 Å². The van der Waals surface area contributed by atoms with Gasteiger partial charge in [-0.25, -0.2) is 0 Å². The zero-order valence-electron chi connectivity index (χ0n) is 27.7. The minimum atomic E-state index is -2.75. The van der Waals surface area contributed by atoms with Gasteiger partial charge in [0.25, 0.3) is 8.32 Å². The first-order chi connectivity index (χ1) is 20.5. The Balaban J connectivity index is 2.06. The molecule has 1 aliphatic rings. The van der Waals surface area contributed by atoms with Gasteiger partial charge < -0.3 is 19.0 Å². The van der Waals surface area contributed by atoms with Crippen LogP contribution in [-0.2, 0) is 13.9 Å². The normalized spacial score (nSPS) is 21.6. The molecular weight excluding hydrogens is 549 g/mol. The standard InChI is InChI=1S/C38H56O4Si/c1-10-18-30(42-43(38(6,7)8,31-19-14-12-15-20-31)32-21-16-13-17-22-32)25-34-29(5)23-24-33(28(3)4)35(34)26-36(39)37(11-2)41-27-40-9/h10-17,19-23,28,30,33-37,39H,1-2,18,24-27H2,3-9H3/t30-,33-,34+,35-,36+,37-/m1/s1. The molecule has 0 amide bonds. The minimum Gasteiger partial charge on any atom is -0.404 e. The number of aliphatic hydroxyl groups is 1. The Kier molecular flexibility index (Phi) is 13.2. The molecular formula is C38H56O4Si. The average Bonchev–Trinajstić information content (AvgIpc) is 2.98. The summed E-state index contributed by atoms with van der Waals surface area (Å²) in [6.45, 7) is 22.1. The molecule has 0 aromatic heterocycles. The molecule has 3 rings (SSSR count).